The Hall–Kier alpha value is -3.16. The van der Waals surface area contributed by atoms with E-state index >= 15 is 0 Å². The molecule has 2 aromatic rings. The van der Waals surface area contributed by atoms with Crippen molar-refractivity contribution in [3.63, 3.8) is 0 Å². The molecule has 0 spiro atoms. The zero-order chi connectivity index (χ0) is 21.7. The second-order valence-corrected chi connectivity index (χ2v) is 7.26. The van der Waals surface area contributed by atoms with E-state index in [9.17, 15) is 19.3 Å². The Morgan fingerprint density at radius 1 is 1.13 bits per heavy atom. The van der Waals surface area contributed by atoms with E-state index in [0.717, 1.165) is 18.4 Å². The van der Waals surface area contributed by atoms with Gasteiger partial charge < -0.3 is 14.8 Å². The van der Waals surface area contributed by atoms with E-state index in [2.05, 4.69) is 5.32 Å². The predicted octanol–water partition coefficient (Wildman–Crippen LogP) is 5.05. The van der Waals surface area contributed by atoms with Crippen LogP contribution in [0.5, 0.6) is 11.5 Å². The van der Waals surface area contributed by atoms with Gasteiger partial charge in [-0.25, -0.2) is 4.39 Å². The van der Waals surface area contributed by atoms with Crippen molar-refractivity contribution in [2.75, 3.05) is 18.5 Å². The third-order valence-electron chi connectivity index (χ3n) is 4.87. The molecule has 3 rings (SSSR count). The number of rotatable bonds is 10. The molecule has 30 heavy (non-hydrogen) atoms. The average molecular weight is 416 g/mol. The summed E-state index contributed by atoms with van der Waals surface area (Å²) in [5.74, 6) is -0.335. The minimum atomic E-state index is -0.553. The Morgan fingerprint density at radius 3 is 2.30 bits per heavy atom. The molecule has 160 valence electrons. The van der Waals surface area contributed by atoms with E-state index in [1.165, 1.54) is 24.3 Å². The molecule has 1 fully saturated rings. The van der Waals surface area contributed by atoms with Gasteiger partial charge in [-0.2, -0.15) is 0 Å². The molecule has 2 aromatic carbocycles. The van der Waals surface area contributed by atoms with Crippen molar-refractivity contribution in [2.24, 2.45) is 5.92 Å². The molecule has 0 saturated heterocycles. The van der Waals surface area contributed by atoms with Gasteiger partial charge in [0.2, 0.25) is 5.91 Å². The number of amides is 1. The summed E-state index contributed by atoms with van der Waals surface area (Å²) in [6, 6.07) is 8.78. The van der Waals surface area contributed by atoms with Crippen LogP contribution in [0.3, 0.4) is 0 Å². The van der Waals surface area contributed by atoms with Crippen LogP contribution >= 0.6 is 0 Å². The highest BCUT2D eigenvalue weighted by atomic mass is 19.1. The van der Waals surface area contributed by atoms with Crippen LogP contribution in [-0.4, -0.2) is 24.0 Å². The van der Waals surface area contributed by atoms with E-state index in [-0.39, 0.29) is 40.7 Å². The third-order valence-corrected chi connectivity index (χ3v) is 4.87. The number of carbonyl (C=O) groups excluding carboxylic acids is 1. The van der Waals surface area contributed by atoms with Gasteiger partial charge in [-0.05, 0) is 42.9 Å². The first kappa shape index (κ1) is 21.5. The molecule has 0 aliphatic heterocycles. The number of nitro benzene ring substituents is 1. The summed E-state index contributed by atoms with van der Waals surface area (Å²) in [6.07, 6.45) is 2.11. The van der Waals surface area contributed by atoms with Crippen molar-refractivity contribution in [3.8, 4) is 11.5 Å². The van der Waals surface area contributed by atoms with Gasteiger partial charge in [0.05, 0.1) is 24.2 Å². The van der Waals surface area contributed by atoms with Crippen molar-refractivity contribution < 1.29 is 23.6 Å². The highest BCUT2D eigenvalue weighted by Gasteiger charge is 2.44. The van der Waals surface area contributed by atoms with Crippen LogP contribution in [0.2, 0.25) is 0 Å². The SMILES string of the molecule is CCCOc1cc(NC(=O)C2CC2c2ccc(F)cc2)c([N+](=O)[O-])cc1OCCC. The van der Waals surface area contributed by atoms with Gasteiger partial charge >= 0.3 is 0 Å². The van der Waals surface area contributed by atoms with Gasteiger partial charge in [-0.3, -0.25) is 14.9 Å². The first-order valence-corrected chi connectivity index (χ1v) is 10.1. The van der Waals surface area contributed by atoms with Crippen LogP contribution in [0.1, 0.15) is 44.6 Å². The summed E-state index contributed by atoms with van der Waals surface area (Å²) in [5, 5.41) is 14.3. The van der Waals surface area contributed by atoms with Crippen molar-refractivity contribution in [1.82, 2.24) is 0 Å². The zero-order valence-corrected chi connectivity index (χ0v) is 17.0. The minimum Gasteiger partial charge on any atom is -0.490 e. The van der Waals surface area contributed by atoms with Gasteiger partial charge in [-0.15, -0.1) is 0 Å². The van der Waals surface area contributed by atoms with E-state index in [0.29, 0.717) is 25.4 Å². The first-order chi connectivity index (χ1) is 14.4. The number of carbonyl (C=O) groups is 1. The van der Waals surface area contributed by atoms with Crippen molar-refractivity contribution in [3.05, 3.63) is 57.9 Å². The average Bonchev–Trinajstić information content (AvgIpc) is 3.52. The van der Waals surface area contributed by atoms with E-state index in [1.54, 1.807) is 12.1 Å². The summed E-state index contributed by atoms with van der Waals surface area (Å²) in [7, 11) is 0. The number of hydrogen-bond donors (Lipinski definition) is 1. The van der Waals surface area contributed by atoms with Crippen LogP contribution in [0, 0.1) is 21.8 Å². The van der Waals surface area contributed by atoms with E-state index < -0.39 is 4.92 Å². The molecule has 0 aromatic heterocycles. The van der Waals surface area contributed by atoms with Crippen LogP contribution in [0.15, 0.2) is 36.4 Å². The molecule has 0 bridgehead atoms. The summed E-state index contributed by atoms with van der Waals surface area (Å²) in [5.41, 5.74) is 0.698. The number of nitro groups is 1. The molecule has 2 atom stereocenters. The summed E-state index contributed by atoms with van der Waals surface area (Å²) < 4.78 is 24.4. The number of ether oxygens (including phenoxy) is 2. The van der Waals surface area contributed by atoms with Crippen LogP contribution < -0.4 is 14.8 Å². The van der Waals surface area contributed by atoms with E-state index in [1.807, 2.05) is 13.8 Å². The van der Waals surface area contributed by atoms with Gasteiger partial charge in [0.25, 0.3) is 5.69 Å². The maximum Gasteiger partial charge on any atom is 0.296 e. The number of hydrogen-bond acceptors (Lipinski definition) is 5. The Labute approximate surface area is 174 Å². The van der Waals surface area contributed by atoms with Gasteiger partial charge in [-0.1, -0.05) is 26.0 Å². The maximum absolute atomic E-state index is 13.1. The molecule has 1 aliphatic rings. The fourth-order valence-electron chi connectivity index (χ4n) is 3.24. The lowest BCUT2D eigenvalue weighted by molar-refractivity contribution is -0.384. The molecule has 1 amide bonds. The largest absolute Gasteiger partial charge is 0.490 e. The smallest absolute Gasteiger partial charge is 0.296 e. The molecule has 1 aliphatic carbocycles. The Morgan fingerprint density at radius 2 is 1.73 bits per heavy atom. The van der Waals surface area contributed by atoms with Crippen molar-refractivity contribution in [1.29, 1.82) is 0 Å². The second-order valence-electron chi connectivity index (χ2n) is 7.26. The quantitative estimate of drug-likeness (QED) is 0.432. The number of benzene rings is 2. The van der Waals surface area contributed by atoms with Crippen molar-refractivity contribution >= 4 is 17.3 Å². The van der Waals surface area contributed by atoms with E-state index in [4.69, 9.17) is 9.47 Å². The summed E-state index contributed by atoms with van der Waals surface area (Å²) >= 11 is 0. The normalized spacial score (nSPS) is 17.3. The van der Waals surface area contributed by atoms with Crippen LogP contribution in [0.4, 0.5) is 15.8 Å². The lowest BCUT2D eigenvalue weighted by Crippen LogP contribution is -2.16. The summed E-state index contributed by atoms with van der Waals surface area (Å²) in [6.45, 7) is 4.70. The Kier molecular flexibility index (Phi) is 6.87. The molecule has 1 saturated carbocycles. The summed E-state index contributed by atoms with van der Waals surface area (Å²) in [4.78, 5) is 23.7. The standard InChI is InChI=1S/C22H25FN2O5/c1-3-9-29-20-12-18(19(25(27)28)13-21(20)30-10-4-2)24-22(26)17-11-16(17)14-5-7-15(23)8-6-14/h5-8,12-13,16-17H,3-4,9-11H2,1-2H3,(H,24,26). The van der Waals surface area contributed by atoms with Gasteiger partial charge in [0.15, 0.2) is 11.5 Å². The van der Waals surface area contributed by atoms with Crippen LogP contribution in [0.25, 0.3) is 0 Å². The lowest BCUT2D eigenvalue weighted by atomic mass is 10.1. The number of nitrogens with one attached hydrogen (secondary N) is 1. The topological polar surface area (TPSA) is 90.7 Å². The predicted molar refractivity (Wildman–Crippen MR) is 111 cm³/mol. The molecule has 0 radical (unpaired) electrons. The van der Waals surface area contributed by atoms with Gasteiger partial charge in [0.1, 0.15) is 11.5 Å². The van der Waals surface area contributed by atoms with Gasteiger partial charge in [0, 0.05) is 12.0 Å². The molecular weight excluding hydrogens is 391 g/mol. The van der Waals surface area contributed by atoms with Crippen molar-refractivity contribution in [2.45, 2.75) is 39.0 Å². The fourth-order valence-corrected chi connectivity index (χ4v) is 3.24. The molecule has 2 unspecified atom stereocenters. The lowest BCUT2D eigenvalue weighted by Gasteiger charge is -2.14. The minimum absolute atomic E-state index is 0.0207. The molecule has 7 nitrogen and oxygen atoms in total. The molecular formula is C22H25FN2O5. The molecule has 8 heteroatoms. The highest BCUT2D eigenvalue weighted by Crippen LogP contribution is 2.48. The Bertz CT molecular complexity index is 916. The fraction of sp³-hybridized carbons (Fsp3) is 0.409. The zero-order valence-electron chi connectivity index (χ0n) is 17.0. The first-order valence-electron chi connectivity index (χ1n) is 10.1. The maximum atomic E-state index is 13.1. The molecule has 0 heterocycles. The number of halogens is 1. The molecule has 1 N–H and O–H groups in total. The number of anilines is 1. The second kappa shape index (κ2) is 9.56. The monoisotopic (exact) mass is 416 g/mol. The van der Waals surface area contributed by atoms with Crippen LogP contribution in [-0.2, 0) is 4.79 Å². The Balaban J connectivity index is 1.80. The highest BCUT2D eigenvalue weighted by molar-refractivity contribution is 5.97. The third kappa shape index (κ3) is 5.06. The number of nitrogens with zero attached hydrogens (tertiary/aromatic N) is 1.